The van der Waals surface area contributed by atoms with Gasteiger partial charge in [-0.05, 0) is 43.1 Å². The van der Waals surface area contributed by atoms with Crippen LogP contribution >= 0.6 is 0 Å². The van der Waals surface area contributed by atoms with Crippen molar-refractivity contribution in [1.82, 2.24) is 0 Å². The molecule has 0 amide bonds. The van der Waals surface area contributed by atoms with Crippen molar-refractivity contribution in [3.8, 4) is 0 Å². The van der Waals surface area contributed by atoms with E-state index in [-0.39, 0.29) is 11.0 Å². The number of carboxylic acid groups (broad SMARTS) is 2. The van der Waals surface area contributed by atoms with Crippen LogP contribution in [0, 0.1) is 5.41 Å². The van der Waals surface area contributed by atoms with Gasteiger partial charge in [0.05, 0.1) is 0 Å². The molecule has 0 unspecified atom stereocenters. The van der Waals surface area contributed by atoms with Crippen LogP contribution < -0.4 is 0 Å². The zero-order valence-electron chi connectivity index (χ0n) is 13.3. The molecular formula is C17H28O4. The molecule has 4 heteroatoms. The molecule has 0 aromatic rings. The summed E-state index contributed by atoms with van der Waals surface area (Å²) in [4.78, 5) is 23.0. The molecule has 1 fully saturated rings. The van der Waals surface area contributed by atoms with Crippen LogP contribution in [0.5, 0.6) is 0 Å². The lowest BCUT2D eigenvalue weighted by molar-refractivity contribution is -0.140. The van der Waals surface area contributed by atoms with Gasteiger partial charge >= 0.3 is 11.9 Å². The van der Waals surface area contributed by atoms with E-state index in [4.69, 9.17) is 0 Å². The molecule has 0 bridgehead atoms. The van der Waals surface area contributed by atoms with Crippen molar-refractivity contribution in [3.63, 3.8) is 0 Å². The third-order valence-electron chi connectivity index (χ3n) is 4.72. The summed E-state index contributed by atoms with van der Waals surface area (Å²) in [6, 6.07) is 0. The summed E-state index contributed by atoms with van der Waals surface area (Å²) in [5.41, 5.74) is 0.161. The Balaban J connectivity index is 3.28. The van der Waals surface area contributed by atoms with Crippen LogP contribution in [-0.4, -0.2) is 22.2 Å². The molecule has 0 radical (unpaired) electrons. The second-order valence-corrected chi connectivity index (χ2v) is 6.16. The van der Waals surface area contributed by atoms with E-state index in [1.807, 2.05) is 6.92 Å². The Labute approximate surface area is 127 Å². The second kappa shape index (κ2) is 8.20. The van der Waals surface area contributed by atoms with E-state index in [2.05, 4.69) is 6.92 Å². The minimum absolute atomic E-state index is 0.183. The quantitative estimate of drug-likeness (QED) is 0.376. The lowest BCUT2D eigenvalue weighted by atomic mass is 9.71. The average molecular weight is 296 g/mol. The molecule has 1 saturated carbocycles. The lowest BCUT2D eigenvalue weighted by Gasteiger charge is -2.33. The van der Waals surface area contributed by atoms with Crippen LogP contribution in [0.15, 0.2) is 11.1 Å². The number of unbranched alkanes of at least 4 members (excludes halogenated alkanes) is 2. The topological polar surface area (TPSA) is 74.6 Å². The first-order chi connectivity index (χ1) is 9.98. The summed E-state index contributed by atoms with van der Waals surface area (Å²) >= 11 is 0. The largest absolute Gasteiger partial charge is 0.477 e. The molecule has 0 spiro atoms. The Morgan fingerprint density at radius 2 is 1.48 bits per heavy atom. The van der Waals surface area contributed by atoms with Crippen LogP contribution in [0.4, 0.5) is 0 Å². The maximum atomic E-state index is 11.5. The van der Waals surface area contributed by atoms with Crippen LogP contribution in [0.3, 0.4) is 0 Å². The number of carbonyl (C=O) groups is 2. The number of carboxylic acids is 2. The van der Waals surface area contributed by atoms with Gasteiger partial charge in [-0.15, -0.1) is 0 Å². The van der Waals surface area contributed by atoms with Crippen molar-refractivity contribution >= 4 is 11.9 Å². The Kier molecular flexibility index (Phi) is 6.93. The third kappa shape index (κ3) is 4.32. The summed E-state index contributed by atoms with van der Waals surface area (Å²) in [6.07, 6.45) is 9.44. The fraction of sp³-hybridized carbons (Fsp3) is 0.765. The summed E-state index contributed by atoms with van der Waals surface area (Å²) in [5.74, 6) is -2.56. The zero-order valence-corrected chi connectivity index (χ0v) is 13.3. The van der Waals surface area contributed by atoms with Gasteiger partial charge in [0, 0.05) is 0 Å². The van der Waals surface area contributed by atoms with E-state index in [0.29, 0.717) is 12.0 Å². The van der Waals surface area contributed by atoms with Crippen LogP contribution in [0.25, 0.3) is 0 Å². The lowest BCUT2D eigenvalue weighted by Crippen LogP contribution is -2.26. The first kappa shape index (κ1) is 17.7. The minimum Gasteiger partial charge on any atom is -0.477 e. The third-order valence-corrected chi connectivity index (χ3v) is 4.72. The van der Waals surface area contributed by atoms with Crippen LogP contribution in [-0.2, 0) is 9.59 Å². The Morgan fingerprint density at radius 3 is 1.90 bits per heavy atom. The summed E-state index contributed by atoms with van der Waals surface area (Å²) in [6.45, 7) is 4.17. The van der Waals surface area contributed by atoms with E-state index in [9.17, 15) is 19.8 Å². The highest BCUT2D eigenvalue weighted by Crippen LogP contribution is 2.50. The van der Waals surface area contributed by atoms with Gasteiger partial charge in [0.15, 0.2) is 0 Å². The molecule has 0 atom stereocenters. The van der Waals surface area contributed by atoms with E-state index >= 15 is 0 Å². The SMILES string of the molecule is CCCCC(=C(C(=O)O)C(=O)O)C1(CCCC)CCCC1. The Bertz CT molecular complexity index is 387. The number of hydrogen-bond acceptors (Lipinski definition) is 2. The van der Waals surface area contributed by atoms with Gasteiger partial charge in [0.2, 0.25) is 0 Å². The first-order valence-corrected chi connectivity index (χ1v) is 8.18. The smallest absolute Gasteiger partial charge is 0.343 e. The second-order valence-electron chi connectivity index (χ2n) is 6.16. The molecule has 4 nitrogen and oxygen atoms in total. The van der Waals surface area contributed by atoms with Gasteiger partial charge in [-0.25, -0.2) is 9.59 Å². The highest BCUT2D eigenvalue weighted by molar-refractivity contribution is 6.13. The van der Waals surface area contributed by atoms with Gasteiger partial charge in [-0.2, -0.15) is 0 Å². The van der Waals surface area contributed by atoms with Gasteiger partial charge < -0.3 is 10.2 Å². The highest BCUT2D eigenvalue weighted by atomic mass is 16.4. The van der Waals surface area contributed by atoms with Crippen molar-refractivity contribution in [1.29, 1.82) is 0 Å². The molecule has 2 N–H and O–H groups in total. The number of allylic oxidation sites excluding steroid dienone is 1. The van der Waals surface area contributed by atoms with Gasteiger partial charge in [0.25, 0.3) is 0 Å². The summed E-state index contributed by atoms with van der Waals surface area (Å²) in [5, 5.41) is 18.7. The van der Waals surface area contributed by atoms with E-state index < -0.39 is 11.9 Å². The van der Waals surface area contributed by atoms with Crippen molar-refractivity contribution in [2.45, 2.75) is 78.1 Å². The molecule has 1 aliphatic carbocycles. The molecule has 0 aromatic heterocycles. The monoisotopic (exact) mass is 296 g/mol. The van der Waals surface area contributed by atoms with Gasteiger partial charge in [0.1, 0.15) is 5.57 Å². The molecule has 0 heterocycles. The highest BCUT2D eigenvalue weighted by Gasteiger charge is 2.40. The maximum Gasteiger partial charge on any atom is 0.343 e. The molecular weight excluding hydrogens is 268 g/mol. The Morgan fingerprint density at radius 1 is 0.952 bits per heavy atom. The van der Waals surface area contributed by atoms with Crippen molar-refractivity contribution in [3.05, 3.63) is 11.1 Å². The number of rotatable bonds is 9. The van der Waals surface area contributed by atoms with Gasteiger partial charge in [-0.3, -0.25) is 0 Å². The zero-order chi connectivity index (χ0) is 15.9. The molecule has 0 saturated heterocycles. The van der Waals surface area contributed by atoms with Crippen molar-refractivity contribution < 1.29 is 19.8 Å². The summed E-state index contributed by atoms with van der Waals surface area (Å²) in [7, 11) is 0. The van der Waals surface area contributed by atoms with Crippen molar-refractivity contribution in [2.75, 3.05) is 0 Å². The predicted molar refractivity (Wildman–Crippen MR) is 82.2 cm³/mol. The maximum absolute atomic E-state index is 11.5. The molecule has 0 aliphatic heterocycles. The standard InChI is InChI=1S/C17H28O4/c1-3-5-9-13(14(15(18)19)16(20)21)17(10-6-4-2)11-7-8-12-17/h3-12H2,1-2H3,(H,18,19)(H,20,21). The van der Waals surface area contributed by atoms with E-state index in [0.717, 1.165) is 57.8 Å². The van der Waals surface area contributed by atoms with Crippen LogP contribution in [0.2, 0.25) is 0 Å². The minimum atomic E-state index is -1.28. The van der Waals surface area contributed by atoms with Gasteiger partial charge in [-0.1, -0.05) is 46.0 Å². The predicted octanol–water partition coefficient (Wildman–Crippen LogP) is 4.39. The fourth-order valence-electron chi connectivity index (χ4n) is 3.63. The normalized spacial score (nSPS) is 16.7. The molecule has 0 aromatic carbocycles. The van der Waals surface area contributed by atoms with Crippen molar-refractivity contribution in [2.24, 2.45) is 5.41 Å². The Hall–Kier alpha value is -1.32. The summed E-state index contributed by atoms with van der Waals surface area (Å²) < 4.78 is 0. The molecule has 1 aliphatic rings. The number of aliphatic carboxylic acids is 2. The van der Waals surface area contributed by atoms with Crippen LogP contribution in [0.1, 0.15) is 78.1 Å². The van der Waals surface area contributed by atoms with E-state index in [1.54, 1.807) is 0 Å². The molecule has 21 heavy (non-hydrogen) atoms. The number of hydrogen-bond donors (Lipinski definition) is 2. The molecule has 120 valence electrons. The molecule has 1 rings (SSSR count). The fourth-order valence-corrected chi connectivity index (χ4v) is 3.63. The average Bonchev–Trinajstić information content (AvgIpc) is 2.89. The van der Waals surface area contributed by atoms with E-state index in [1.165, 1.54) is 0 Å². The first-order valence-electron chi connectivity index (χ1n) is 8.18.